The van der Waals surface area contributed by atoms with Gasteiger partial charge in [0.1, 0.15) is 5.69 Å². The molecule has 3 rings (SSSR count). The van der Waals surface area contributed by atoms with Crippen molar-refractivity contribution in [3.63, 3.8) is 0 Å². The molecule has 0 bridgehead atoms. The molecule has 1 saturated heterocycles. The molecule has 0 unspecified atom stereocenters. The van der Waals surface area contributed by atoms with E-state index in [1.807, 2.05) is 25.1 Å². The zero-order valence-electron chi connectivity index (χ0n) is 15.7. The minimum Gasteiger partial charge on any atom is -0.351 e. The van der Waals surface area contributed by atoms with Gasteiger partial charge in [0.2, 0.25) is 5.95 Å². The minimum atomic E-state index is -0.116. The van der Waals surface area contributed by atoms with Crippen LogP contribution in [0.4, 0.5) is 5.95 Å². The summed E-state index contributed by atoms with van der Waals surface area (Å²) < 4.78 is 0. The van der Waals surface area contributed by atoms with Crippen LogP contribution in [0, 0.1) is 12.8 Å². The second-order valence-electron chi connectivity index (χ2n) is 7.21. The van der Waals surface area contributed by atoms with E-state index in [1.54, 1.807) is 6.07 Å². The van der Waals surface area contributed by atoms with Crippen molar-refractivity contribution in [2.24, 2.45) is 5.92 Å². The van der Waals surface area contributed by atoms with Crippen molar-refractivity contribution in [2.75, 3.05) is 24.5 Å². The number of benzene rings is 1. The Bertz CT molecular complexity index is 724. The Morgan fingerprint density at radius 2 is 1.92 bits per heavy atom. The molecule has 0 aliphatic carbocycles. The predicted molar refractivity (Wildman–Crippen MR) is 104 cm³/mol. The standard InChI is InChI=1S/C21H28N4O/c1-16-10-13-25(14-11-16)21-23-17(2)15-19(24-21)20(26)22-12-6-9-18-7-4-3-5-8-18/h3-5,7-8,15-16H,6,9-14H2,1-2H3,(H,22,26). The van der Waals surface area contributed by atoms with Crippen molar-refractivity contribution in [2.45, 2.75) is 39.5 Å². The summed E-state index contributed by atoms with van der Waals surface area (Å²) in [5.41, 5.74) is 2.59. The van der Waals surface area contributed by atoms with Crippen LogP contribution in [0.1, 0.15) is 47.9 Å². The highest BCUT2D eigenvalue weighted by Crippen LogP contribution is 2.20. The molecule has 2 heterocycles. The maximum atomic E-state index is 12.5. The highest BCUT2D eigenvalue weighted by molar-refractivity contribution is 5.92. The van der Waals surface area contributed by atoms with Gasteiger partial charge in [0, 0.05) is 25.3 Å². The largest absolute Gasteiger partial charge is 0.351 e. The van der Waals surface area contributed by atoms with E-state index in [2.05, 4.69) is 39.2 Å². The van der Waals surface area contributed by atoms with E-state index in [4.69, 9.17) is 0 Å². The Hall–Kier alpha value is -2.43. The molecule has 5 heteroatoms. The molecule has 1 fully saturated rings. The first-order valence-corrected chi connectivity index (χ1v) is 9.54. The first-order chi connectivity index (χ1) is 12.6. The summed E-state index contributed by atoms with van der Waals surface area (Å²) in [5, 5.41) is 2.99. The zero-order valence-corrected chi connectivity index (χ0v) is 15.7. The number of anilines is 1. The molecule has 1 aromatic carbocycles. The number of aromatic nitrogens is 2. The van der Waals surface area contributed by atoms with E-state index in [-0.39, 0.29) is 5.91 Å². The van der Waals surface area contributed by atoms with Crippen LogP contribution >= 0.6 is 0 Å². The maximum absolute atomic E-state index is 12.5. The second kappa shape index (κ2) is 8.79. The average molecular weight is 352 g/mol. The van der Waals surface area contributed by atoms with Gasteiger partial charge in [0.15, 0.2) is 0 Å². The summed E-state index contributed by atoms with van der Waals surface area (Å²) in [6.45, 7) is 6.77. The topological polar surface area (TPSA) is 58.1 Å². The van der Waals surface area contributed by atoms with Gasteiger partial charge in [0.05, 0.1) is 0 Å². The van der Waals surface area contributed by atoms with Crippen molar-refractivity contribution in [3.8, 4) is 0 Å². The van der Waals surface area contributed by atoms with E-state index in [9.17, 15) is 4.79 Å². The highest BCUT2D eigenvalue weighted by Gasteiger charge is 2.20. The van der Waals surface area contributed by atoms with Crippen LogP contribution in [0.15, 0.2) is 36.4 Å². The van der Waals surface area contributed by atoms with Gasteiger partial charge in [-0.05, 0) is 50.2 Å². The number of aryl methyl sites for hydroxylation is 2. The first-order valence-electron chi connectivity index (χ1n) is 9.54. The minimum absolute atomic E-state index is 0.116. The van der Waals surface area contributed by atoms with Crippen molar-refractivity contribution in [1.29, 1.82) is 0 Å². The summed E-state index contributed by atoms with van der Waals surface area (Å²) in [7, 11) is 0. The number of carbonyl (C=O) groups excluding carboxylic acids is 1. The molecule has 0 saturated carbocycles. The molecule has 1 N–H and O–H groups in total. The zero-order chi connectivity index (χ0) is 18.4. The van der Waals surface area contributed by atoms with Crippen molar-refractivity contribution < 1.29 is 4.79 Å². The quantitative estimate of drug-likeness (QED) is 0.810. The Morgan fingerprint density at radius 3 is 2.65 bits per heavy atom. The monoisotopic (exact) mass is 352 g/mol. The second-order valence-corrected chi connectivity index (χ2v) is 7.21. The summed E-state index contributed by atoms with van der Waals surface area (Å²) in [6, 6.07) is 12.1. The lowest BCUT2D eigenvalue weighted by atomic mass is 10.00. The number of nitrogens with one attached hydrogen (secondary N) is 1. The first kappa shape index (κ1) is 18.4. The third kappa shape index (κ3) is 5.04. The lowest BCUT2D eigenvalue weighted by Crippen LogP contribution is -2.35. The van der Waals surface area contributed by atoms with Gasteiger partial charge in [-0.15, -0.1) is 0 Å². The molecule has 2 aromatic rings. The van der Waals surface area contributed by atoms with E-state index >= 15 is 0 Å². The van der Waals surface area contributed by atoms with Crippen LogP contribution in [0.25, 0.3) is 0 Å². The number of amides is 1. The summed E-state index contributed by atoms with van der Waals surface area (Å²) >= 11 is 0. The molecule has 1 aromatic heterocycles. The van der Waals surface area contributed by atoms with Gasteiger partial charge in [-0.2, -0.15) is 0 Å². The van der Waals surface area contributed by atoms with E-state index in [0.717, 1.165) is 50.4 Å². The summed E-state index contributed by atoms with van der Waals surface area (Å²) in [4.78, 5) is 23.7. The molecule has 1 aliphatic heterocycles. The fraction of sp³-hybridized carbons (Fsp3) is 0.476. The molecule has 0 atom stereocenters. The Morgan fingerprint density at radius 1 is 1.19 bits per heavy atom. The van der Waals surface area contributed by atoms with Crippen LogP contribution in [0.3, 0.4) is 0 Å². The fourth-order valence-corrected chi connectivity index (χ4v) is 3.25. The van der Waals surface area contributed by atoms with E-state index < -0.39 is 0 Å². The van der Waals surface area contributed by atoms with E-state index in [1.165, 1.54) is 5.56 Å². The Labute approximate surface area is 155 Å². The Balaban J connectivity index is 1.55. The van der Waals surface area contributed by atoms with Crippen LogP contribution in [-0.4, -0.2) is 35.5 Å². The molecule has 5 nitrogen and oxygen atoms in total. The van der Waals surface area contributed by atoms with Crippen molar-refractivity contribution >= 4 is 11.9 Å². The highest BCUT2D eigenvalue weighted by atomic mass is 16.1. The smallest absolute Gasteiger partial charge is 0.270 e. The van der Waals surface area contributed by atoms with Crippen LogP contribution in [-0.2, 0) is 6.42 Å². The van der Waals surface area contributed by atoms with Crippen molar-refractivity contribution in [3.05, 3.63) is 53.3 Å². The van der Waals surface area contributed by atoms with Gasteiger partial charge in [0.25, 0.3) is 5.91 Å². The van der Waals surface area contributed by atoms with Gasteiger partial charge < -0.3 is 10.2 Å². The molecular formula is C21H28N4O. The molecule has 1 amide bonds. The molecule has 26 heavy (non-hydrogen) atoms. The Kier molecular flexibility index (Phi) is 6.21. The normalized spacial score (nSPS) is 15.1. The van der Waals surface area contributed by atoms with Gasteiger partial charge in [-0.1, -0.05) is 37.3 Å². The van der Waals surface area contributed by atoms with Crippen molar-refractivity contribution in [1.82, 2.24) is 15.3 Å². The van der Waals surface area contributed by atoms with Gasteiger partial charge in [-0.3, -0.25) is 4.79 Å². The number of piperidine rings is 1. The van der Waals surface area contributed by atoms with Gasteiger partial charge in [-0.25, -0.2) is 9.97 Å². The van der Waals surface area contributed by atoms with E-state index in [0.29, 0.717) is 18.2 Å². The lowest BCUT2D eigenvalue weighted by molar-refractivity contribution is 0.0948. The molecule has 0 radical (unpaired) electrons. The number of hydrogen-bond donors (Lipinski definition) is 1. The number of rotatable bonds is 6. The number of carbonyl (C=O) groups is 1. The summed E-state index contributed by atoms with van der Waals surface area (Å²) in [5.74, 6) is 1.32. The fourth-order valence-electron chi connectivity index (χ4n) is 3.25. The molecule has 138 valence electrons. The maximum Gasteiger partial charge on any atom is 0.270 e. The number of nitrogens with zero attached hydrogens (tertiary/aromatic N) is 3. The molecule has 1 aliphatic rings. The van der Waals surface area contributed by atoms with Gasteiger partial charge >= 0.3 is 0 Å². The predicted octanol–water partition coefficient (Wildman–Crippen LogP) is 3.38. The van der Waals surface area contributed by atoms with Crippen LogP contribution in [0.2, 0.25) is 0 Å². The lowest BCUT2D eigenvalue weighted by Gasteiger charge is -2.30. The van der Waals surface area contributed by atoms with Crippen LogP contribution < -0.4 is 10.2 Å². The SMILES string of the molecule is Cc1cc(C(=O)NCCCc2ccccc2)nc(N2CCC(C)CC2)n1. The molecular weight excluding hydrogens is 324 g/mol. The molecule has 0 spiro atoms. The summed E-state index contributed by atoms with van der Waals surface area (Å²) in [6.07, 6.45) is 4.18. The third-order valence-corrected chi connectivity index (χ3v) is 4.91. The third-order valence-electron chi connectivity index (χ3n) is 4.91. The number of hydrogen-bond acceptors (Lipinski definition) is 4. The van der Waals surface area contributed by atoms with Crippen LogP contribution in [0.5, 0.6) is 0 Å². The average Bonchev–Trinajstić information content (AvgIpc) is 2.66.